The fourth-order valence-electron chi connectivity index (χ4n) is 3.53. The Hall–Kier alpha value is -2.59. The van der Waals surface area contributed by atoms with Gasteiger partial charge in [-0.3, -0.25) is 9.36 Å². The van der Waals surface area contributed by atoms with Crippen LogP contribution in [0.2, 0.25) is 0 Å². The number of aromatic nitrogens is 2. The molecule has 1 amide bonds. The molecule has 0 aliphatic heterocycles. The van der Waals surface area contributed by atoms with Gasteiger partial charge in [-0.2, -0.15) is 18.2 Å². The fourth-order valence-corrected chi connectivity index (χ4v) is 5.10. The van der Waals surface area contributed by atoms with Crippen molar-refractivity contribution in [3.05, 3.63) is 74.0 Å². The van der Waals surface area contributed by atoms with E-state index in [1.807, 2.05) is 17.5 Å². The van der Waals surface area contributed by atoms with E-state index in [0.29, 0.717) is 11.6 Å². The molecule has 0 radical (unpaired) electrons. The summed E-state index contributed by atoms with van der Waals surface area (Å²) in [6.45, 7) is 0.479. The van der Waals surface area contributed by atoms with Gasteiger partial charge < -0.3 is 5.32 Å². The van der Waals surface area contributed by atoms with Crippen molar-refractivity contribution in [3.8, 4) is 0 Å². The maximum atomic E-state index is 12.8. The summed E-state index contributed by atoms with van der Waals surface area (Å²) < 4.78 is 40.2. The highest BCUT2D eigenvalue weighted by Crippen LogP contribution is 2.32. The first-order chi connectivity index (χ1) is 14.8. The number of amides is 1. The van der Waals surface area contributed by atoms with Crippen LogP contribution >= 0.6 is 23.1 Å². The van der Waals surface area contributed by atoms with Crippen molar-refractivity contribution in [2.75, 3.05) is 11.1 Å². The van der Waals surface area contributed by atoms with Gasteiger partial charge in [-0.05, 0) is 48.9 Å². The van der Waals surface area contributed by atoms with Gasteiger partial charge in [0.15, 0.2) is 0 Å². The number of anilines is 1. The van der Waals surface area contributed by atoms with Gasteiger partial charge in [0.25, 0.3) is 0 Å². The van der Waals surface area contributed by atoms with Crippen molar-refractivity contribution in [2.45, 2.75) is 37.0 Å². The molecule has 31 heavy (non-hydrogen) atoms. The molecule has 1 aromatic carbocycles. The number of fused-ring (bicyclic) bond motifs is 1. The third-order valence-electron chi connectivity index (χ3n) is 4.91. The summed E-state index contributed by atoms with van der Waals surface area (Å²) in [7, 11) is 0. The van der Waals surface area contributed by atoms with Crippen LogP contribution in [0.4, 0.5) is 18.9 Å². The molecule has 4 rings (SSSR count). The normalized spacial score (nSPS) is 13.3. The number of nitrogens with one attached hydrogen (secondary N) is 1. The molecule has 2 heterocycles. The highest BCUT2D eigenvalue weighted by Gasteiger charge is 2.30. The number of hydrogen-bond acceptors (Lipinski definition) is 5. The summed E-state index contributed by atoms with van der Waals surface area (Å²) in [6, 6.07) is 8.39. The van der Waals surface area contributed by atoms with Crippen LogP contribution in [0.1, 0.15) is 28.1 Å². The minimum Gasteiger partial charge on any atom is -0.325 e. The van der Waals surface area contributed by atoms with Crippen molar-refractivity contribution in [1.82, 2.24) is 9.55 Å². The fraction of sp³-hybridized carbons (Fsp3) is 0.286. The van der Waals surface area contributed by atoms with E-state index < -0.39 is 17.6 Å². The smallest absolute Gasteiger partial charge is 0.325 e. The lowest BCUT2D eigenvalue weighted by atomic mass is 10.2. The SMILES string of the molecule is O=C(CSc1nc(=O)n(Cc2cccs2)c2c1CCC2)Nc1cccc(C(F)(F)F)c1. The molecule has 0 bridgehead atoms. The average molecular weight is 466 g/mol. The van der Waals surface area contributed by atoms with E-state index in [9.17, 15) is 22.8 Å². The van der Waals surface area contributed by atoms with E-state index in [0.717, 1.165) is 59.3 Å². The van der Waals surface area contributed by atoms with E-state index in [1.54, 1.807) is 15.9 Å². The number of hydrogen-bond donors (Lipinski definition) is 1. The number of rotatable bonds is 6. The molecular formula is C21H18F3N3O2S2. The standard InChI is InChI=1S/C21H18F3N3O2S2/c22-21(23,24)13-4-1-5-14(10-13)25-18(28)12-31-19-16-7-2-8-17(16)27(20(29)26-19)11-15-6-3-9-30-15/h1,3-6,9-10H,2,7-8,11-12H2,(H,25,28). The zero-order valence-corrected chi connectivity index (χ0v) is 17.9. The number of thioether (sulfide) groups is 1. The van der Waals surface area contributed by atoms with Gasteiger partial charge in [0, 0.05) is 21.8 Å². The van der Waals surface area contributed by atoms with Crippen LogP contribution in [0.3, 0.4) is 0 Å². The predicted octanol–water partition coefficient (Wildman–Crippen LogP) is 4.59. The summed E-state index contributed by atoms with van der Waals surface area (Å²) in [5.74, 6) is -0.509. The molecule has 1 aliphatic rings. The lowest BCUT2D eigenvalue weighted by molar-refractivity contribution is -0.137. The van der Waals surface area contributed by atoms with Crippen LogP contribution in [0.25, 0.3) is 0 Å². The Bertz CT molecular complexity index is 1160. The Labute approximate surface area is 184 Å². The highest BCUT2D eigenvalue weighted by atomic mass is 32.2. The quantitative estimate of drug-likeness (QED) is 0.427. The van der Waals surface area contributed by atoms with Crippen molar-refractivity contribution in [2.24, 2.45) is 0 Å². The molecule has 0 fully saturated rings. The van der Waals surface area contributed by atoms with Crippen molar-refractivity contribution in [3.63, 3.8) is 0 Å². The van der Waals surface area contributed by atoms with Crippen LogP contribution in [0.15, 0.2) is 51.6 Å². The second-order valence-electron chi connectivity index (χ2n) is 7.06. The zero-order valence-electron chi connectivity index (χ0n) is 16.2. The zero-order chi connectivity index (χ0) is 22.0. The summed E-state index contributed by atoms with van der Waals surface area (Å²) in [5.41, 5.74) is 0.828. The molecule has 0 spiro atoms. The Morgan fingerprint density at radius 3 is 2.81 bits per heavy atom. The van der Waals surface area contributed by atoms with Gasteiger partial charge in [-0.25, -0.2) is 4.79 Å². The highest BCUT2D eigenvalue weighted by molar-refractivity contribution is 8.00. The predicted molar refractivity (Wildman–Crippen MR) is 115 cm³/mol. The molecule has 162 valence electrons. The minimum absolute atomic E-state index is 0.0515. The van der Waals surface area contributed by atoms with E-state index in [1.165, 1.54) is 12.1 Å². The number of halogens is 3. The first kappa shape index (κ1) is 21.6. The van der Waals surface area contributed by atoms with Crippen LogP contribution in [0, 0.1) is 0 Å². The first-order valence-electron chi connectivity index (χ1n) is 9.56. The second-order valence-corrected chi connectivity index (χ2v) is 9.06. The maximum absolute atomic E-state index is 12.8. The number of nitrogens with zero attached hydrogens (tertiary/aromatic N) is 2. The molecule has 1 N–H and O–H groups in total. The molecular weight excluding hydrogens is 447 g/mol. The third-order valence-corrected chi connectivity index (χ3v) is 6.79. The topological polar surface area (TPSA) is 64.0 Å². The molecule has 0 atom stereocenters. The second kappa shape index (κ2) is 8.88. The minimum atomic E-state index is -4.48. The van der Waals surface area contributed by atoms with Crippen LogP contribution in [-0.2, 0) is 30.4 Å². The molecule has 1 aliphatic carbocycles. The van der Waals surface area contributed by atoms with Gasteiger partial charge in [0.2, 0.25) is 5.91 Å². The van der Waals surface area contributed by atoms with Crippen LogP contribution < -0.4 is 11.0 Å². The molecule has 2 aromatic heterocycles. The van der Waals surface area contributed by atoms with Gasteiger partial charge in [-0.1, -0.05) is 23.9 Å². The largest absolute Gasteiger partial charge is 0.416 e. The lowest BCUT2D eigenvalue weighted by Crippen LogP contribution is -2.27. The van der Waals surface area contributed by atoms with Crippen LogP contribution in [-0.4, -0.2) is 21.2 Å². The lowest BCUT2D eigenvalue weighted by Gasteiger charge is -2.14. The molecule has 0 saturated carbocycles. The van der Waals surface area contributed by atoms with Crippen molar-refractivity contribution in [1.29, 1.82) is 0 Å². The van der Waals surface area contributed by atoms with Gasteiger partial charge >= 0.3 is 11.9 Å². The maximum Gasteiger partial charge on any atom is 0.416 e. The number of benzene rings is 1. The Morgan fingerprint density at radius 1 is 1.23 bits per heavy atom. The average Bonchev–Trinajstić information content (AvgIpc) is 3.40. The number of alkyl halides is 3. The first-order valence-corrected chi connectivity index (χ1v) is 11.4. The Morgan fingerprint density at radius 2 is 2.06 bits per heavy atom. The molecule has 5 nitrogen and oxygen atoms in total. The molecule has 3 aromatic rings. The molecule has 0 saturated heterocycles. The monoisotopic (exact) mass is 465 g/mol. The van der Waals surface area contributed by atoms with Gasteiger partial charge in [0.05, 0.1) is 17.9 Å². The summed E-state index contributed by atoms with van der Waals surface area (Å²) in [4.78, 5) is 30.2. The summed E-state index contributed by atoms with van der Waals surface area (Å²) >= 11 is 2.72. The van der Waals surface area contributed by atoms with E-state index in [2.05, 4.69) is 10.3 Å². The van der Waals surface area contributed by atoms with Crippen LogP contribution in [0.5, 0.6) is 0 Å². The Balaban J connectivity index is 1.47. The van der Waals surface area contributed by atoms with E-state index in [-0.39, 0.29) is 17.1 Å². The summed E-state index contributed by atoms with van der Waals surface area (Å²) in [5, 5.41) is 4.97. The Kier molecular flexibility index (Phi) is 6.19. The van der Waals surface area contributed by atoms with Gasteiger partial charge in [0.1, 0.15) is 5.03 Å². The van der Waals surface area contributed by atoms with Crippen molar-refractivity contribution >= 4 is 34.7 Å². The molecule has 0 unspecified atom stereocenters. The third kappa shape index (κ3) is 5.01. The van der Waals surface area contributed by atoms with E-state index in [4.69, 9.17) is 0 Å². The number of carbonyl (C=O) groups excluding carboxylic acids is 1. The van der Waals surface area contributed by atoms with Crippen molar-refractivity contribution < 1.29 is 18.0 Å². The number of thiophene rings is 1. The number of carbonyl (C=O) groups is 1. The molecule has 10 heteroatoms. The summed E-state index contributed by atoms with van der Waals surface area (Å²) in [6.07, 6.45) is -2.00. The van der Waals surface area contributed by atoms with E-state index >= 15 is 0 Å². The van der Waals surface area contributed by atoms with Gasteiger partial charge in [-0.15, -0.1) is 11.3 Å².